The summed E-state index contributed by atoms with van der Waals surface area (Å²) in [4.78, 5) is 28.6. The molecule has 142 valence electrons. The number of amides is 2. The Bertz CT molecular complexity index is 625. The van der Waals surface area contributed by atoms with Crippen molar-refractivity contribution < 1.29 is 9.59 Å². The molecule has 2 N–H and O–H groups in total. The van der Waals surface area contributed by atoms with E-state index >= 15 is 0 Å². The topological polar surface area (TPSA) is 64.7 Å². The number of halogens is 1. The lowest BCUT2D eigenvalue weighted by molar-refractivity contribution is -0.128. The van der Waals surface area contributed by atoms with Crippen molar-refractivity contribution in [1.29, 1.82) is 0 Å². The van der Waals surface area contributed by atoms with Crippen LogP contribution in [0.1, 0.15) is 25.3 Å². The Morgan fingerprint density at radius 1 is 1.15 bits per heavy atom. The Morgan fingerprint density at radius 2 is 1.81 bits per heavy atom. The summed E-state index contributed by atoms with van der Waals surface area (Å²) in [5.41, 5.74) is 1.03. The lowest BCUT2D eigenvalue weighted by atomic mass is 10.2. The lowest BCUT2D eigenvalue weighted by Crippen LogP contribution is -2.55. The van der Waals surface area contributed by atoms with E-state index in [1.54, 1.807) is 0 Å². The Hall–Kier alpha value is -1.63. The molecule has 1 saturated carbocycles. The van der Waals surface area contributed by atoms with Crippen molar-refractivity contribution in [2.45, 2.75) is 38.4 Å². The van der Waals surface area contributed by atoms with Crippen LogP contribution >= 0.6 is 11.6 Å². The van der Waals surface area contributed by atoms with Gasteiger partial charge < -0.3 is 10.6 Å². The fourth-order valence-electron chi connectivity index (χ4n) is 3.09. The van der Waals surface area contributed by atoms with Crippen LogP contribution in [0.2, 0.25) is 5.02 Å². The van der Waals surface area contributed by atoms with Crippen molar-refractivity contribution in [2.75, 3.05) is 32.7 Å². The number of nitrogens with one attached hydrogen (secondary N) is 2. The van der Waals surface area contributed by atoms with E-state index in [9.17, 15) is 9.59 Å². The summed E-state index contributed by atoms with van der Waals surface area (Å²) >= 11 is 5.86. The first-order chi connectivity index (χ1) is 12.5. The molecule has 0 radical (unpaired) electrons. The first-order valence-electron chi connectivity index (χ1n) is 9.29. The second-order valence-electron chi connectivity index (χ2n) is 7.17. The van der Waals surface area contributed by atoms with Crippen molar-refractivity contribution in [2.24, 2.45) is 0 Å². The second-order valence-corrected chi connectivity index (χ2v) is 7.61. The molecule has 1 aliphatic heterocycles. The Balaban J connectivity index is 1.35. The first-order valence-corrected chi connectivity index (χ1v) is 9.67. The van der Waals surface area contributed by atoms with Crippen LogP contribution in [0.4, 0.5) is 0 Å². The zero-order valence-electron chi connectivity index (χ0n) is 15.2. The highest BCUT2D eigenvalue weighted by Crippen LogP contribution is 2.19. The summed E-state index contributed by atoms with van der Waals surface area (Å²) in [6.45, 7) is 6.09. The number of carbonyl (C=O) groups is 2. The van der Waals surface area contributed by atoms with Gasteiger partial charge >= 0.3 is 0 Å². The minimum absolute atomic E-state index is 0.0212. The van der Waals surface area contributed by atoms with Crippen LogP contribution in [0.25, 0.3) is 0 Å². The first kappa shape index (κ1) is 19.1. The highest BCUT2D eigenvalue weighted by atomic mass is 35.5. The molecule has 7 heteroatoms. The van der Waals surface area contributed by atoms with E-state index in [1.807, 2.05) is 31.2 Å². The molecule has 0 aromatic heterocycles. The average Bonchev–Trinajstić information content (AvgIpc) is 3.45. The zero-order valence-corrected chi connectivity index (χ0v) is 16.0. The minimum atomic E-state index is -0.100. The van der Waals surface area contributed by atoms with E-state index in [4.69, 9.17) is 11.6 Å². The Labute approximate surface area is 159 Å². The predicted octanol–water partition coefficient (Wildman–Crippen LogP) is 1.24. The highest BCUT2D eigenvalue weighted by Gasteiger charge is 2.30. The molecule has 1 aliphatic carbocycles. The number of piperazine rings is 1. The molecule has 3 rings (SSSR count). The molecule has 1 unspecified atom stereocenters. The number of nitrogens with zero attached hydrogens (tertiary/aromatic N) is 2. The maximum Gasteiger partial charge on any atom is 0.237 e. The summed E-state index contributed by atoms with van der Waals surface area (Å²) in [5, 5.41) is 6.70. The second kappa shape index (κ2) is 8.84. The SMILES string of the molecule is CC(C(=O)NC1CC1)N1CCN(CC(=O)NCc2ccc(Cl)cc2)CC1. The summed E-state index contributed by atoms with van der Waals surface area (Å²) in [5.74, 6) is 0.148. The van der Waals surface area contributed by atoms with Crippen molar-refractivity contribution in [1.82, 2.24) is 20.4 Å². The van der Waals surface area contributed by atoms with Gasteiger partial charge in [-0.2, -0.15) is 0 Å². The fourth-order valence-corrected chi connectivity index (χ4v) is 3.21. The standard InChI is InChI=1S/C19H27ClN4O2/c1-14(19(26)22-17-6-7-17)24-10-8-23(9-11-24)13-18(25)21-12-15-2-4-16(20)5-3-15/h2-5,14,17H,6-13H2,1H3,(H,21,25)(H,22,26). The van der Waals surface area contributed by atoms with Crippen LogP contribution in [-0.2, 0) is 16.1 Å². The Kier molecular flexibility index (Phi) is 6.51. The van der Waals surface area contributed by atoms with Crippen molar-refractivity contribution in [3.63, 3.8) is 0 Å². The van der Waals surface area contributed by atoms with Crippen LogP contribution in [0.5, 0.6) is 0 Å². The molecule has 2 amide bonds. The predicted molar refractivity (Wildman–Crippen MR) is 102 cm³/mol. The normalized spacial score (nSPS) is 19.8. The molecule has 26 heavy (non-hydrogen) atoms. The minimum Gasteiger partial charge on any atom is -0.352 e. The van der Waals surface area contributed by atoms with Crippen LogP contribution in [0.15, 0.2) is 24.3 Å². The van der Waals surface area contributed by atoms with Gasteiger partial charge in [0.15, 0.2) is 0 Å². The van der Waals surface area contributed by atoms with E-state index in [-0.39, 0.29) is 17.9 Å². The molecular weight excluding hydrogens is 352 g/mol. The number of hydrogen-bond acceptors (Lipinski definition) is 4. The molecule has 6 nitrogen and oxygen atoms in total. The number of benzene rings is 1. The van der Waals surface area contributed by atoms with E-state index in [0.29, 0.717) is 24.2 Å². The quantitative estimate of drug-likeness (QED) is 0.749. The van der Waals surface area contributed by atoms with Gasteiger partial charge in [-0.3, -0.25) is 19.4 Å². The van der Waals surface area contributed by atoms with E-state index < -0.39 is 0 Å². The van der Waals surface area contributed by atoms with Gasteiger partial charge in [0.2, 0.25) is 11.8 Å². The van der Waals surface area contributed by atoms with E-state index in [1.165, 1.54) is 0 Å². The van der Waals surface area contributed by atoms with Gasteiger partial charge in [-0.15, -0.1) is 0 Å². The van der Waals surface area contributed by atoms with Gasteiger partial charge in [0, 0.05) is 43.8 Å². The largest absolute Gasteiger partial charge is 0.352 e. The average molecular weight is 379 g/mol. The summed E-state index contributed by atoms with van der Waals surface area (Å²) in [6.07, 6.45) is 2.22. The molecule has 1 atom stereocenters. The maximum absolute atomic E-state index is 12.2. The monoisotopic (exact) mass is 378 g/mol. The van der Waals surface area contributed by atoms with Crippen molar-refractivity contribution >= 4 is 23.4 Å². The van der Waals surface area contributed by atoms with Crippen molar-refractivity contribution in [3.8, 4) is 0 Å². The molecule has 0 bridgehead atoms. The van der Waals surface area contributed by atoms with Gasteiger partial charge in [0.1, 0.15) is 0 Å². The highest BCUT2D eigenvalue weighted by molar-refractivity contribution is 6.30. The molecular formula is C19H27ClN4O2. The molecule has 0 spiro atoms. The van der Waals surface area contributed by atoms with Gasteiger partial charge in [-0.05, 0) is 37.5 Å². The zero-order chi connectivity index (χ0) is 18.5. The van der Waals surface area contributed by atoms with Gasteiger partial charge in [0.25, 0.3) is 0 Å². The number of carbonyl (C=O) groups excluding carboxylic acids is 2. The van der Waals surface area contributed by atoms with E-state index in [0.717, 1.165) is 44.6 Å². The van der Waals surface area contributed by atoms with Gasteiger partial charge in [-0.25, -0.2) is 0 Å². The Morgan fingerprint density at radius 3 is 2.42 bits per heavy atom. The smallest absolute Gasteiger partial charge is 0.237 e. The third kappa shape index (κ3) is 5.69. The summed E-state index contributed by atoms with van der Waals surface area (Å²) in [6, 6.07) is 7.77. The molecule has 1 saturated heterocycles. The molecule has 1 aromatic carbocycles. The van der Waals surface area contributed by atoms with Crippen molar-refractivity contribution in [3.05, 3.63) is 34.9 Å². The summed E-state index contributed by atoms with van der Waals surface area (Å²) < 4.78 is 0. The molecule has 2 aliphatic rings. The van der Waals surface area contributed by atoms with Crippen LogP contribution in [0, 0.1) is 0 Å². The van der Waals surface area contributed by atoms with Crippen LogP contribution < -0.4 is 10.6 Å². The van der Waals surface area contributed by atoms with E-state index in [2.05, 4.69) is 20.4 Å². The molecule has 1 aromatic rings. The lowest BCUT2D eigenvalue weighted by Gasteiger charge is -2.37. The maximum atomic E-state index is 12.2. The number of hydrogen-bond donors (Lipinski definition) is 2. The third-order valence-corrected chi connectivity index (χ3v) is 5.28. The molecule has 1 heterocycles. The van der Waals surface area contributed by atoms with Gasteiger partial charge in [-0.1, -0.05) is 23.7 Å². The van der Waals surface area contributed by atoms with Gasteiger partial charge in [0.05, 0.1) is 12.6 Å². The van der Waals surface area contributed by atoms with Crippen LogP contribution in [0.3, 0.4) is 0 Å². The molecule has 2 fully saturated rings. The summed E-state index contributed by atoms with van der Waals surface area (Å²) in [7, 11) is 0. The number of rotatable bonds is 7. The fraction of sp³-hybridized carbons (Fsp3) is 0.579. The van der Waals surface area contributed by atoms with Crippen LogP contribution in [-0.4, -0.2) is 66.4 Å². The third-order valence-electron chi connectivity index (χ3n) is 5.03.